The first kappa shape index (κ1) is 36.7. The van der Waals surface area contributed by atoms with Gasteiger partial charge < -0.3 is 9.88 Å². The summed E-state index contributed by atoms with van der Waals surface area (Å²) < 4.78 is 2.33. The lowest BCUT2D eigenvalue weighted by Crippen LogP contribution is -2.20. The maximum absolute atomic E-state index is 9.78. The quantitative estimate of drug-likeness (QED) is 0.151. The Morgan fingerprint density at radius 1 is 0.468 bits per heavy atom. The van der Waals surface area contributed by atoms with Crippen LogP contribution in [0.3, 0.4) is 0 Å². The van der Waals surface area contributed by atoms with E-state index in [4.69, 9.17) is 9.97 Å². The molecule has 11 rings (SSSR count). The first-order chi connectivity index (χ1) is 30.7. The van der Waals surface area contributed by atoms with E-state index in [2.05, 4.69) is 180 Å². The third-order valence-electron chi connectivity index (χ3n) is 11.7. The van der Waals surface area contributed by atoms with E-state index in [0.717, 1.165) is 100 Å². The van der Waals surface area contributed by atoms with Crippen molar-refractivity contribution in [2.45, 2.75) is 0 Å². The van der Waals surface area contributed by atoms with E-state index in [1.807, 2.05) is 54.6 Å². The van der Waals surface area contributed by atoms with Gasteiger partial charge in [0.05, 0.1) is 33.8 Å². The van der Waals surface area contributed by atoms with E-state index in [-0.39, 0.29) is 0 Å². The monoisotopic (exact) mass is 793 g/mol. The number of hydrogen-bond donors (Lipinski definition) is 2. The van der Waals surface area contributed by atoms with Crippen molar-refractivity contribution in [3.05, 3.63) is 246 Å². The van der Waals surface area contributed by atoms with Gasteiger partial charge in [-0.15, -0.1) is 0 Å². The van der Waals surface area contributed by atoms with Crippen molar-refractivity contribution in [2.24, 2.45) is 0 Å². The molecular formula is C57H39N5. The topological polar surface area (TPSA) is 66.6 Å². The molecule has 0 saturated carbocycles. The molecule has 8 aromatic carbocycles. The van der Waals surface area contributed by atoms with Crippen LogP contribution in [0.2, 0.25) is 0 Å². The van der Waals surface area contributed by atoms with Crippen molar-refractivity contribution in [3.8, 4) is 39.6 Å². The van der Waals surface area contributed by atoms with E-state index >= 15 is 0 Å². The first-order valence-electron chi connectivity index (χ1n) is 20.8. The van der Waals surface area contributed by atoms with Gasteiger partial charge in [0.2, 0.25) is 0 Å². The minimum Gasteiger partial charge on any atom is -0.354 e. The van der Waals surface area contributed by atoms with Crippen LogP contribution in [-0.2, 0) is 0 Å². The highest BCUT2D eigenvalue weighted by Gasteiger charge is 2.24. The van der Waals surface area contributed by atoms with E-state index in [9.17, 15) is 5.41 Å². The van der Waals surface area contributed by atoms with E-state index in [0.29, 0.717) is 11.5 Å². The maximum Gasteiger partial charge on any atom is 0.161 e. The SMILES string of the molecule is N=C(/C(=C1\NC(c2ccccc2)=Cc2ccccc21)c1ccc(-c2cc(-c3ccccc3)nc(-c3cccc4c3c3ccccc3n4-c3ccccc3)n2)cc1)c1ccccc1. The van der Waals surface area contributed by atoms with Gasteiger partial charge in [-0.1, -0.05) is 188 Å². The number of para-hydroxylation sites is 2. The average Bonchev–Trinajstić information content (AvgIpc) is 3.70. The van der Waals surface area contributed by atoms with Gasteiger partial charge >= 0.3 is 0 Å². The summed E-state index contributed by atoms with van der Waals surface area (Å²) in [6.45, 7) is 0. The largest absolute Gasteiger partial charge is 0.354 e. The highest BCUT2D eigenvalue weighted by Crippen LogP contribution is 2.40. The highest BCUT2D eigenvalue weighted by molar-refractivity contribution is 6.36. The third kappa shape index (κ3) is 6.59. The number of rotatable bonds is 8. The molecule has 5 nitrogen and oxygen atoms in total. The molecule has 1 aliphatic rings. The fourth-order valence-corrected chi connectivity index (χ4v) is 8.72. The fraction of sp³-hybridized carbons (Fsp3) is 0. The fourth-order valence-electron chi connectivity index (χ4n) is 8.72. The van der Waals surface area contributed by atoms with Gasteiger partial charge in [0.15, 0.2) is 5.82 Å². The standard InChI is InChI=1S/C57H39N5/c58-55(42-22-9-3-10-23-42)53(56-45-27-14-13-24-43(45)36-48(59-56)38-18-5-1-6-19-38)41-34-32-40(33-35-41)50-37-49(39-20-7-2-8-21-39)60-57(61-50)47-29-17-31-52-54(47)46-28-15-16-30-51(46)62(52)44-25-11-4-12-26-44/h1-37,58-59H/b56-53-,58-55?. The second-order valence-corrected chi connectivity index (χ2v) is 15.4. The summed E-state index contributed by atoms with van der Waals surface area (Å²) >= 11 is 0. The molecule has 0 fully saturated rings. The third-order valence-corrected chi connectivity index (χ3v) is 11.7. The van der Waals surface area contributed by atoms with Crippen LogP contribution in [0.1, 0.15) is 27.8 Å². The Morgan fingerprint density at radius 3 is 1.76 bits per heavy atom. The minimum atomic E-state index is 0.434. The Kier molecular flexibility index (Phi) is 9.25. The lowest BCUT2D eigenvalue weighted by Gasteiger charge is -2.26. The molecule has 1 aliphatic heterocycles. The van der Waals surface area contributed by atoms with E-state index < -0.39 is 0 Å². The molecule has 2 N–H and O–H groups in total. The maximum atomic E-state index is 9.78. The summed E-state index contributed by atoms with van der Waals surface area (Å²) in [5.41, 5.74) is 16.0. The predicted octanol–water partition coefficient (Wildman–Crippen LogP) is 13.6. The lowest BCUT2D eigenvalue weighted by molar-refractivity contribution is 1.17. The van der Waals surface area contributed by atoms with Crippen LogP contribution in [-0.4, -0.2) is 20.2 Å². The van der Waals surface area contributed by atoms with E-state index in [1.54, 1.807) is 0 Å². The Morgan fingerprint density at radius 2 is 1.03 bits per heavy atom. The van der Waals surface area contributed by atoms with Crippen LogP contribution >= 0.6 is 0 Å². The van der Waals surface area contributed by atoms with Crippen LogP contribution in [0.15, 0.2) is 218 Å². The van der Waals surface area contributed by atoms with E-state index in [1.165, 1.54) is 0 Å². The van der Waals surface area contributed by atoms with Crippen molar-refractivity contribution in [2.75, 3.05) is 0 Å². The molecule has 5 heteroatoms. The van der Waals surface area contributed by atoms with Crippen molar-refractivity contribution >= 4 is 50.6 Å². The van der Waals surface area contributed by atoms with Crippen LogP contribution in [0.25, 0.3) is 84.4 Å². The number of nitrogens with one attached hydrogen (secondary N) is 2. The van der Waals surface area contributed by atoms with Crippen LogP contribution < -0.4 is 5.32 Å². The number of benzene rings is 8. The summed E-state index contributed by atoms with van der Waals surface area (Å²) in [6.07, 6.45) is 2.19. The molecule has 2 aromatic heterocycles. The summed E-state index contributed by atoms with van der Waals surface area (Å²) in [5.74, 6) is 0.656. The second-order valence-electron chi connectivity index (χ2n) is 15.4. The number of allylic oxidation sites excluding steroid dienone is 1. The summed E-state index contributed by atoms with van der Waals surface area (Å²) in [4.78, 5) is 10.7. The van der Waals surface area contributed by atoms with Gasteiger partial charge in [-0.25, -0.2) is 9.97 Å². The zero-order valence-corrected chi connectivity index (χ0v) is 33.7. The molecule has 0 radical (unpaired) electrons. The lowest BCUT2D eigenvalue weighted by atomic mass is 9.87. The molecular weight excluding hydrogens is 755 g/mol. The number of nitrogens with zero attached hydrogens (tertiary/aromatic N) is 3. The van der Waals surface area contributed by atoms with Gasteiger partial charge in [0.25, 0.3) is 0 Å². The van der Waals surface area contributed by atoms with Gasteiger partial charge in [-0.2, -0.15) is 0 Å². The van der Waals surface area contributed by atoms with Gasteiger partial charge in [0, 0.05) is 55.5 Å². The van der Waals surface area contributed by atoms with Gasteiger partial charge in [-0.05, 0) is 53.1 Å². The molecule has 0 aliphatic carbocycles. The highest BCUT2D eigenvalue weighted by atomic mass is 15.0. The van der Waals surface area contributed by atoms with Crippen molar-refractivity contribution in [1.29, 1.82) is 5.41 Å². The van der Waals surface area contributed by atoms with Crippen molar-refractivity contribution in [3.63, 3.8) is 0 Å². The smallest absolute Gasteiger partial charge is 0.161 e. The Bertz CT molecular complexity index is 3350. The second kappa shape index (κ2) is 15.6. The zero-order chi connectivity index (χ0) is 41.4. The number of aromatic nitrogens is 3. The average molecular weight is 794 g/mol. The molecule has 10 aromatic rings. The van der Waals surface area contributed by atoms with Crippen molar-refractivity contribution in [1.82, 2.24) is 19.9 Å². The molecule has 292 valence electrons. The normalized spacial score (nSPS) is 13.0. The van der Waals surface area contributed by atoms with Crippen molar-refractivity contribution < 1.29 is 0 Å². The Hall–Kier alpha value is -8.41. The number of fused-ring (bicyclic) bond motifs is 4. The minimum absolute atomic E-state index is 0.434. The molecule has 62 heavy (non-hydrogen) atoms. The van der Waals surface area contributed by atoms with Crippen LogP contribution in [0.4, 0.5) is 0 Å². The molecule has 0 amide bonds. The molecule has 0 bridgehead atoms. The Balaban J connectivity index is 1.08. The molecule has 0 unspecified atom stereocenters. The summed E-state index contributed by atoms with van der Waals surface area (Å²) in [5, 5.41) is 15.8. The first-order valence-corrected chi connectivity index (χ1v) is 20.8. The summed E-state index contributed by atoms with van der Waals surface area (Å²) in [6, 6.07) is 75.2. The van der Waals surface area contributed by atoms with Gasteiger partial charge in [-0.3, -0.25) is 5.41 Å². The zero-order valence-electron chi connectivity index (χ0n) is 33.7. The number of hydrogen-bond acceptors (Lipinski definition) is 4. The predicted molar refractivity (Wildman–Crippen MR) is 257 cm³/mol. The molecule has 0 atom stereocenters. The van der Waals surface area contributed by atoms with Crippen LogP contribution in [0, 0.1) is 5.41 Å². The van der Waals surface area contributed by atoms with Gasteiger partial charge in [0.1, 0.15) is 0 Å². The summed E-state index contributed by atoms with van der Waals surface area (Å²) in [7, 11) is 0. The molecule has 0 spiro atoms. The molecule has 0 saturated heterocycles. The Labute approximate surface area is 360 Å². The van der Waals surface area contributed by atoms with Crippen LogP contribution in [0.5, 0.6) is 0 Å². The molecule has 3 heterocycles.